The van der Waals surface area contributed by atoms with Crippen LogP contribution < -0.4 is 0 Å². The van der Waals surface area contributed by atoms with Crippen LogP contribution in [0.3, 0.4) is 0 Å². The van der Waals surface area contributed by atoms with Crippen molar-refractivity contribution in [3.63, 3.8) is 0 Å². The molecular formula is C14H12N2O2. The molecular weight excluding hydrogens is 228 g/mol. The fourth-order valence-corrected chi connectivity index (χ4v) is 2.25. The number of carboxylic acids is 1. The lowest BCUT2D eigenvalue weighted by Gasteiger charge is -2.00. The van der Waals surface area contributed by atoms with Gasteiger partial charge in [0, 0.05) is 28.4 Å². The number of hydrogen-bond donors (Lipinski definition) is 3. The van der Waals surface area contributed by atoms with Crippen LogP contribution in [0.2, 0.25) is 0 Å². The largest absolute Gasteiger partial charge is 0.477 e. The van der Waals surface area contributed by atoms with Gasteiger partial charge in [-0.05, 0) is 30.7 Å². The third kappa shape index (κ3) is 1.50. The van der Waals surface area contributed by atoms with E-state index in [1.807, 2.05) is 36.5 Å². The van der Waals surface area contributed by atoms with Gasteiger partial charge in [-0.1, -0.05) is 12.1 Å². The maximum Gasteiger partial charge on any atom is 0.352 e. The Morgan fingerprint density at radius 3 is 2.83 bits per heavy atom. The zero-order chi connectivity index (χ0) is 12.7. The van der Waals surface area contributed by atoms with Gasteiger partial charge in [-0.3, -0.25) is 0 Å². The number of benzene rings is 1. The van der Waals surface area contributed by atoms with E-state index in [4.69, 9.17) is 5.11 Å². The van der Waals surface area contributed by atoms with E-state index in [0.29, 0.717) is 0 Å². The molecule has 3 N–H and O–H groups in total. The van der Waals surface area contributed by atoms with Gasteiger partial charge in [0.15, 0.2) is 0 Å². The summed E-state index contributed by atoms with van der Waals surface area (Å²) < 4.78 is 0. The van der Waals surface area contributed by atoms with Crippen molar-refractivity contribution in [3.05, 3.63) is 47.8 Å². The monoisotopic (exact) mass is 240 g/mol. The maximum absolute atomic E-state index is 11.0. The van der Waals surface area contributed by atoms with E-state index in [2.05, 4.69) is 9.97 Å². The molecule has 0 fully saturated rings. The Morgan fingerprint density at radius 2 is 2.11 bits per heavy atom. The Bertz CT molecular complexity index is 737. The minimum Gasteiger partial charge on any atom is -0.477 e. The summed E-state index contributed by atoms with van der Waals surface area (Å²) >= 11 is 0. The first kappa shape index (κ1) is 10.7. The molecule has 0 bridgehead atoms. The molecule has 0 aliphatic heterocycles. The summed E-state index contributed by atoms with van der Waals surface area (Å²) in [5.74, 6) is -0.931. The number of hydrogen-bond acceptors (Lipinski definition) is 1. The van der Waals surface area contributed by atoms with Gasteiger partial charge in [0.2, 0.25) is 0 Å². The highest BCUT2D eigenvalue weighted by Gasteiger charge is 2.13. The van der Waals surface area contributed by atoms with Gasteiger partial charge in [0.1, 0.15) is 5.69 Å². The van der Waals surface area contributed by atoms with Crippen LogP contribution in [0.25, 0.3) is 22.2 Å². The number of aromatic amines is 2. The molecule has 2 aromatic heterocycles. The summed E-state index contributed by atoms with van der Waals surface area (Å²) in [5, 5.41) is 10.1. The summed E-state index contributed by atoms with van der Waals surface area (Å²) in [4.78, 5) is 17.2. The average molecular weight is 240 g/mol. The second-order valence-electron chi connectivity index (χ2n) is 4.29. The molecule has 0 aliphatic carbocycles. The van der Waals surface area contributed by atoms with E-state index in [1.54, 1.807) is 6.92 Å². The van der Waals surface area contributed by atoms with Crippen molar-refractivity contribution in [1.82, 2.24) is 9.97 Å². The second-order valence-corrected chi connectivity index (χ2v) is 4.29. The highest BCUT2D eigenvalue weighted by Crippen LogP contribution is 2.28. The number of carbonyl (C=O) groups is 1. The molecule has 18 heavy (non-hydrogen) atoms. The maximum atomic E-state index is 11.0. The Kier molecular flexibility index (Phi) is 2.23. The Balaban J connectivity index is 2.23. The van der Waals surface area contributed by atoms with Crippen molar-refractivity contribution in [3.8, 4) is 11.3 Å². The summed E-state index contributed by atoms with van der Waals surface area (Å²) in [6, 6.07) is 9.77. The molecule has 0 unspecified atom stereocenters. The van der Waals surface area contributed by atoms with Crippen molar-refractivity contribution in [2.75, 3.05) is 0 Å². The molecule has 3 rings (SSSR count). The topological polar surface area (TPSA) is 68.9 Å². The number of carboxylic acid groups (broad SMARTS) is 1. The van der Waals surface area contributed by atoms with E-state index < -0.39 is 5.97 Å². The summed E-state index contributed by atoms with van der Waals surface area (Å²) in [6.07, 6.45) is 1.88. The molecule has 0 saturated carbocycles. The molecule has 90 valence electrons. The van der Waals surface area contributed by atoms with Crippen LogP contribution in [-0.2, 0) is 0 Å². The molecule has 0 radical (unpaired) electrons. The lowest BCUT2D eigenvalue weighted by Crippen LogP contribution is -1.98. The fraction of sp³-hybridized carbons (Fsp3) is 0.0714. The van der Waals surface area contributed by atoms with Crippen LogP contribution >= 0.6 is 0 Å². The fourth-order valence-electron chi connectivity index (χ4n) is 2.25. The quantitative estimate of drug-likeness (QED) is 0.644. The Morgan fingerprint density at radius 1 is 1.28 bits per heavy atom. The van der Waals surface area contributed by atoms with Gasteiger partial charge in [-0.2, -0.15) is 0 Å². The minimum absolute atomic E-state index is 0.248. The normalized spacial score (nSPS) is 10.9. The highest BCUT2D eigenvalue weighted by molar-refractivity contribution is 5.96. The molecule has 4 heteroatoms. The van der Waals surface area contributed by atoms with Crippen LogP contribution in [0.15, 0.2) is 36.5 Å². The molecule has 4 nitrogen and oxygen atoms in total. The highest BCUT2D eigenvalue weighted by atomic mass is 16.4. The predicted molar refractivity (Wildman–Crippen MR) is 69.8 cm³/mol. The zero-order valence-corrected chi connectivity index (χ0v) is 9.82. The number of fused-ring (bicyclic) bond motifs is 1. The molecule has 0 atom stereocenters. The van der Waals surface area contributed by atoms with Gasteiger partial charge >= 0.3 is 5.97 Å². The second kappa shape index (κ2) is 3.77. The number of H-pyrrole nitrogens is 2. The number of aromatic nitrogens is 2. The zero-order valence-electron chi connectivity index (χ0n) is 9.82. The number of aromatic carboxylic acids is 1. The number of aryl methyl sites for hydroxylation is 1. The molecule has 0 spiro atoms. The molecule has 0 saturated heterocycles. The molecule has 3 aromatic rings. The predicted octanol–water partition coefficient (Wildman–Crippen LogP) is 3.17. The summed E-state index contributed by atoms with van der Waals surface area (Å²) in [6.45, 7) is 1.79. The van der Waals surface area contributed by atoms with E-state index in [-0.39, 0.29) is 5.69 Å². The Labute approximate surface area is 103 Å². The van der Waals surface area contributed by atoms with E-state index in [0.717, 1.165) is 27.7 Å². The van der Waals surface area contributed by atoms with Crippen LogP contribution in [0.1, 0.15) is 16.1 Å². The third-order valence-electron chi connectivity index (χ3n) is 3.11. The lowest BCUT2D eigenvalue weighted by atomic mass is 10.1. The van der Waals surface area contributed by atoms with Crippen molar-refractivity contribution >= 4 is 16.9 Å². The van der Waals surface area contributed by atoms with Crippen LogP contribution in [-0.4, -0.2) is 21.0 Å². The van der Waals surface area contributed by atoms with Gasteiger partial charge in [0.05, 0.1) is 0 Å². The lowest BCUT2D eigenvalue weighted by molar-refractivity contribution is 0.0690. The van der Waals surface area contributed by atoms with Gasteiger partial charge in [-0.15, -0.1) is 0 Å². The first-order valence-electron chi connectivity index (χ1n) is 5.66. The van der Waals surface area contributed by atoms with Crippen LogP contribution in [0, 0.1) is 6.92 Å². The van der Waals surface area contributed by atoms with Crippen LogP contribution in [0.4, 0.5) is 0 Å². The third-order valence-corrected chi connectivity index (χ3v) is 3.11. The van der Waals surface area contributed by atoms with Crippen molar-refractivity contribution in [2.45, 2.75) is 6.92 Å². The molecule has 0 amide bonds. The Hall–Kier alpha value is -2.49. The van der Waals surface area contributed by atoms with E-state index in [1.165, 1.54) is 0 Å². The smallest absolute Gasteiger partial charge is 0.352 e. The molecule has 2 heterocycles. The summed E-state index contributed by atoms with van der Waals surface area (Å²) in [7, 11) is 0. The van der Waals surface area contributed by atoms with Gasteiger partial charge in [-0.25, -0.2) is 4.79 Å². The average Bonchev–Trinajstić information content (AvgIpc) is 2.94. The number of rotatable bonds is 2. The molecule has 0 aliphatic rings. The van der Waals surface area contributed by atoms with E-state index >= 15 is 0 Å². The minimum atomic E-state index is -0.931. The standard InChI is InChI=1S/C14H12N2O2/c1-8-7-12(16-13(8)14(17)18)9-3-2-4-11-10(9)5-6-15-11/h2-7,15-16H,1H3,(H,17,18). The first-order valence-corrected chi connectivity index (χ1v) is 5.66. The van der Waals surface area contributed by atoms with E-state index in [9.17, 15) is 4.79 Å². The number of nitrogens with one attached hydrogen (secondary N) is 2. The van der Waals surface area contributed by atoms with Gasteiger partial charge in [0.25, 0.3) is 0 Å². The first-order chi connectivity index (χ1) is 8.66. The van der Waals surface area contributed by atoms with Gasteiger partial charge < -0.3 is 15.1 Å². The van der Waals surface area contributed by atoms with Crippen molar-refractivity contribution < 1.29 is 9.90 Å². The van der Waals surface area contributed by atoms with Crippen molar-refractivity contribution in [1.29, 1.82) is 0 Å². The summed E-state index contributed by atoms with van der Waals surface area (Å²) in [5.41, 5.74) is 3.86. The molecule has 1 aromatic carbocycles. The SMILES string of the molecule is Cc1cc(-c2cccc3[nH]ccc23)[nH]c1C(=O)O. The van der Waals surface area contributed by atoms with Crippen molar-refractivity contribution in [2.24, 2.45) is 0 Å². The van der Waals surface area contributed by atoms with Crippen LogP contribution in [0.5, 0.6) is 0 Å².